The first kappa shape index (κ1) is 20.5. The Morgan fingerprint density at radius 1 is 1.04 bits per heavy atom. The summed E-state index contributed by atoms with van der Waals surface area (Å²) in [5.41, 5.74) is 0.960. The van der Waals surface area contributed by atoms with Crippen LogP contribution in [-0.2, 0) is 20.9 Å². The molecule has 0 atom stereocenters. The molecule has 0 unspecified atom stereocenters. The molecule has 1 aliphatic carbocycles. The predicted octanol–water partition coefficient (Wildman–Crippen LogP) is 1.99. The Morgan fingerprint density at radius 2 is 1.68 bits per heavy atom. The molecule has 28 heavy (non-hydrogen) atoms. The van der Waals surface area contributed by atoms with Crippen molar-refractivity contribution in [1.82, 2.24) is 10.2 Å². The molecule has 1 N–H and O–H groups in total. The highest BCUT2D eigenvalue weighted by molar-refractivity contribution is 5.81. The van der Waals surface area contributed by atoms with Crippen molar-refractivity contribution in [3.63, 3.8) is 0 Å². The molecule has 0 aromatic heterocycles. The summed E-state index contributed by atoms with van der Waals surface area (Å²) in [5, 5.41) is 3.02. The topological polar surface area (TPSA) is 77.1 Å². The van der Waals surface area contributed by atoms with Gasteiger partial charge in [0.25, 0.3) is 0 Å². The Bertz CT molecular complexity index is 679. The van der Waals surface area contributed by atoms with Crippen LogP contribution in [0.25, 0.3) is 0 Å². The lowest BCUT2D eigenvalue weighted by atomic mass is 9.81. The maximum atomic E-state index is 12.6. The number of methoxy groups -OCH3 is 2. The highest BCUT2D eigenvalue weighted by Crippen LogP contribution is 2.31. The lowest BCUT2D eigenvalue weighted by molar-refractivity contribution is -0.142. The van der Waals surface area contributed by atoms with Gasteiger partial charge in [0.15, 0.2) is 11.5 Å². The molecule has 2 aliphatic rings. The van der Waals surface area contributed by atoms with Crippen LogP contribution in [0.15, 0.2) is 18.2 Å². The first-order valence-electron chi connectivity index (χ1n) is 9.97. The van der Waals surface area contributed by atoms with E-state index in [4.69, 9.17) is 14.2 Å². The van der Waals surface area contributed by atoms with Crippen molar-refractivity contribution in [3.05, 3.63) is 23.8 Å². The summed E-state index contributed by atoms with van der Waals surface area (Å²) in [6.45, 7) is 3.07. The van der Waals surface area contributed by atoms with Gasteiger partial charge >= 0.3 is 0 Å². The van der Waals surface area contributed by atoms with Crippen LogP contribution < -0.4 is 14.8 Å². The summed E-state index contributed by atoms with van der Waals surface area (Å²) in [4.78, 5) is 27.1. The van der Waals surface area contributed by atoms with Gasteiger partial charge in [0.05, 0.1) is 27.4 Å². The van der Waals surface area contributed by atoms with E-state index in [-0.39, 0.29) is 23.7 Å². The highest BCUT2D eigenvalue weighted by atomic mass is 16.5. The Balaban J connectivity index is 1.45. The maximum absolute atomic E-state index is 12.6. The minimum Gasteiger partial charge on any atom is -0.493 e. The standard InChI is InChI=1S/C21H30N2O5/c1-26-18-8-3-15(13-19(18)27-2)14-22-20(24)16-4-6-17(7-5-16)21(25)23-9-11-28-12-10-23/h3,8,13,16-17H,4-7,9-12,14H2,1-2H3,(H,22,24). The summed E-state index contributed by atoms with van der Waals surface area (Å²) in [5.74, 6) is 1.64. The van der Waals surface area contributed by atoms with E-state index in [0.717, 1.165) is 31.2 Å². The summed E-state index contributed by atoms with van der Waals surface area (Å²) in [6, 6.07) is 5.62. The fourth-order valence-electron chi connectivity index (χ4n) is 3.97. The van der Waals surface area contributed by atoms with Crippen molar-refractivity contribution >= 4 is 11.8 Å². The zero-order valence-corrected chi connectivity index (χ0v) is 16.7. The molecule has 0 spiro atoms. The van der Waals surface area contributed by atoms with Gasteiger partial charge in [-0.2, -0.15) is 0 Å². The van der Waals surface area contributed by atoms with E-state index in [1.165, 1.54) is 0 Å². The fourth-order valence-corrected chi connectivity index (χ4v) is 3.97. The molecule has 0 bridgehead atoms. The number of hydrogen-bond acceptors (Lipinski definition) is 5. The molecular weight excluding hydrogens is 360 g/mol. The van der Waals surface area contributed by atoms with E-state index in [2.05, 4.69) is 5.32 Å². The fraction of sp³-hybridized carbons (Fsp3) is 0.619. The Labute approximate surface area is 166 Å². The van der Waals surface area contributed by atoms with Crippen molar-refractivity contribution in [1.29, 1.82) is 0 Å². The molecule has 1 saturated carbocycles. The van der Waals surface area contributed by atoms with Crippen molar-refractivity contribution in [2.75, 3.05) is 40.5 Å². The normalized spacial score (nSPS) is 22.4. The first-order chi connectivity index (χ1) is 13.6. The summed E-state index contributed by atoms with van der Waals surface area (Å²) < 4.78 is 15.9. The van der Waals surface area contributed by atoms with Gasteiger partial charge in [0.2, 0.25) is 11.8 Å². The lowest BCUT2D eigenvalue weighted by Gasteiger charge is -2.33. The van der Waals surface area contributed by atoms with E-state index in [1.807, 2.05) is 23.1 Å². The van der Waals surface area contributed by atoms with Gasteiger partial charge < -0.3 is 24.4 Å². The number of carbonyl (C=O) groups excluding carboxylic acids is 2. The van der Waals surface area contributed by atoms with Crippen molar-refractivity contribution in [2.24, 2.45) is 11.8 Å². The number of nitrogens with one attached hydrogen (secondary N) is 1. The monoisotopic (exact) mass is 390 g/mol. The zero-order chi connectivity index (χ0) is 19.9. The zero-order valence-electron chi connectivity index (χ0n) is 16.7. The highest BCUT2D eigenvalue weighted by Gasteiger charge is 2.32. The van der Waals surface area contributed by atoms with E-state index < -0.39 is 0 Å². The molecule has 154 valence electrons. The number of ether oxygens (including phenoxy) is 3. The molecule has 1 aliphatic heterocycles. The number of amides is 2. The number of benzene rings is 1. The van der Waals surface area contributed by atoms with Crippen LogP contribution in [0.5, 0.6) is 11.5 Å². The average molecular weight is 390 g/mol. The molecule has 7 heteroatoms. The quantitative estimate of drug-likeness (QED) is 0.804. The SMILES string of the molecule is COc1ccc(CNC(=O)C2CCC(C(=O)N3CCOCC3)CC2)cc1OC. The summed E-state index contributed by atoms with van der Waals surface area (Å²) >= 11 is 0. The van der Waals surface area contributed by atoms with Crippen LogP contribution in [0.1, 0.15) is 31.2 Å². The summed E-state index contributed by atoms with van der Waals surface area (Å²) in [7, 11) is 3.19. The van der Waals surface area contributed by atoms with Crippen LogP contribution in [0.2, 0.25) is 0 Å². The third-order valence-corrected chi connectivity index (χ3v) is 5.68. The summed E-state index contributed by atoms with van der Waals surface area (Å²) in [6.07, 6.45) is 3.09. The van der Waals surface area contributed by atoms with E-state index >= 15 is 0 Å². The smallest absolute Gasteiger partial charge is 0.225 e. The van der Waals surface area contributed by atoms with Gasteiger partial charge in [-0.1, -0.05) is 6.07 Å². The van der Waals surface area contributed by atoms with E-state index in [1.54, 1.807) is 14.2 Å². The first-order valence-corrected chi connectivity index (χ1v) is 9.97. The number of rotatable bonds is 6. The van der Waals surface area contributed by atoms with Gasteiger partial charge in [-0.25, -0.2) is 0 Å². The molecule has 2 fully saturated rings. The van der Waals surface area contributed by atoms with Gasteiger partial charge in [-0.15, -0.1) is 0 Å². The molecule has 0 radical (unpaired) electrons. The third kappa shape index (κ3) is 4.95. The van der Waals surface area contributed by atoms with Gasteiger partial charge in [0, 0.05) is 31.5 Å². The van der Waals surface area contributed by atoms with Crippen LogP contribution in [-0.4, -0.2) is 57.2 Å². The van der Waals surface area contributed by atoms with Crippen molar-refractivity contribution in [3.8, 4) is 11.5 Å². The number of nitrogens with zero attached hydrogens (tertiary/aromatic N) is 1. The van der Waals surface area contributed by atoms with Crippen LogP contribution in [0, 0.1) is 11.8 Å². The van der Waals surface area contributed by atoms with Gasteiger partial charge in [-0.3, -0.25) is 9.59 Å². The van der Waals surface area contributed by atoms with Gasteiger partial charge in [-0.05, 0) is 43.4 Å². The molecule has 7 nitrogen and oxygen atoms in total. The molecular formula is C21H30N2O5. The van der Waals surface area contributed by atoms with E-state index in [0.29, 0.717) is 44.3 Å². The molecule has 1 aromatic carbocycles. The van der Waals surface area contributed by atoms with E-state index in [9.17, 15) is 9.59 Å². The second-order valence-corrected chi connectivity index (χ2v) is 7.39. The van der Waals surface area contributed by atoms with Crippen LogP contribution >= 0.6 is 0 Å². The van der Waals surface area contributed by atoms with Crippen molar-refractivity contribution < 1.29 is 23.8 Å². The minimum atomic E-state index is -0.0196. The Kier molecular flexibility index (Phi) is 7.14. The van der Waals surface area contributed by atoms with Crippen molar-refractivity contribution in [2.45, 2.75) is 32.2 Å². The molecule has 1 heterocycles. The Hall–Kier alpha value is -2.28. The largest absolute Gasteiger partial charge is 0.493 e. The minimum absolute atomic E-state index is 0.0196. The lowest BCUT2D eigenvalue weighted by Crippen LogP contribution is -2.45. The van der Waals surface area contributed by atoms with Gasteiger partial charge in [0.1, 0.15) is 0 Å². The maximum Gasteiger partial charge on any atom is 0.225 e. The molecule has 3 rings (SSSR count). The number of carbonyl (C=O) groups is 2. The number of morpholine rings is 1. The molecule has 1 aromatic rings. The predicted molar refractivity (Wildman–Crippen MR) is 104 cm³/mol. The molecule has 1 saturated heterocycles. The second-order valence-electron chi connectivity index (χ2n) is 7.39. The third-order valence-electron chi connectivity index (χ3n) is 5.68. The average Bonchev–Trinajstić information content (AvgIpc) is 2.77. The van der Waals surface area contributed by atoms with Crippen LogP contribution in [0.3, 0.4) is 0 Å². The molecule has 2 amide bonds. The number of hydrogen-bond donors (Lipinski definition) is 1. The Morgan fingerprint density at radius 3 is 2.32 bits per heavy atom. The second kappa shape index (κ2) is 9.78. The van der Waals surface area contributed by atoms with Crippen LogP contribution in [0.4, 0.5) is 0 Å².